The third kappa shape index (κ3) is 1.46. The van der Waals surface area contributed by atoms with Gasteiger partial charge in [-0.15, -0.1) is 0 Å². The van der Waals surface area contributed by atoms with Crippen molar-refractivity contribution < 1.29 is 4.92 Å². The van der Waals surface area contributed by atoms with Crippen molar-refractivity contribution in [3.8, 4) is 0 Å². The fourth-order valence-corrected chi connectivity index (χ4v) is 1.77. The molecule has 3 aromatic rings. The highest BCUT2D eigenvalue weighted by molar-refractivity contribution is 6.05. The smallest absolute Gasteiger partial charge is 0.358 e. The number of hydrogen-bond acceptors (Lipinski definition) is 5. The summed E-state index contributed by atoms with van der Waals surface area (Å²) in [5, 5.41) is 13.0. The molecule has 0 saturated carbocycles. The van der Waals surface area contributed by atoms with E-state index in [2.05, 4.69) is 15.0 Å². The summed E-state index contributed by atoms with van der Waals surface area (Å²) in [6.45, 7) is 0. The molecule has 6 heteroatoms. The van der Waals surface area contributed by atoms with Crippen LogP contribution in [0.25, 0.3) is 21.7 Å². The summed E-state index contributed by atoms with van der Waals surface area (Å²) in [6, 6.07) is 5.05. The highest BCUT2D eigenvalue weighted by Gasteiger charge is 2.10. The Morgan fingerprint density at radius 3 is 2.82 bits per heavy atom. The summed E-state index contributed by atoms with van der Waals surface area (Å²) in [4.78, 5) is 22.0. The molecule has 0 aliphatic rings. The zero-order chi connectivity index (χ0) is 11.8. The molecule has 2 aromatic heterocycles. The molecule has 0 bridgehead atoms. The van der Waals surface area contributed by atoms with Crippen LogP contribution in [0.1, 0.15) is 0 Å². The molecular formula is C11H6N4O2. The monoisotopic (exact) mass is 226 g/mol. The van der Waals surface area contributed by atoms with Crippen LogP contribution in [0.15, 0.2) is 36.9 Å². The van der Waals surface area contributed by atoms with Crippen LogP contribution in [0.4, 0.5) is 5.82 Å². The molecule has 0 radical (unpaired) electrons. The Labute approximate surface area is 95.1 Å². The van der Waals surface area contributed by atoms with Crippen LogP contribution in [0.3, 0.4) is 0 Å². The molecule has 3 rings (SSSR count). The number of pyridine rings is 1. The summed E-state index contributed by atoms with van der Waals surface area (Å²) in [5.74, 6) is -0.159. The van der Waals surface area contributed by atoms with Gasteiger partial charge in [0.05, 0.1) is 5.52 Å². The second kappa shape index (κ2) is 3.44. The first kappa shape index (κ1) is 9.59. The standard InChI is InChI=1S/C11H6N4O2/c16-15(17)11-3-7-1-2-10-9(4-12-6-14-10)8(7)5-13-11/h1-6H. The third-order valence-electron chi connectivity index (χ3n) is 2.56. The fourth-order valence-electron chi connectivity index (χ4n) is 1.77. The predicted molar refractivity (Wildman–Crippen MR) is 61.5 cm³/mol. The van der Waals surface area contributed by atoms with Crippen LogP contribution in [0.5, 0.6) is 0 Å². The lowest BCUT2D eigenvalue weighted by atomic mass is 10.1. The van der Waals surface area contributed by atoms with Crippen molar-refractivity contribution in [3.63, 3.8) is 0 Å². The summed E-state index contributed by atoms with van der Waals surface area (Å²) >= 11 is 0. The molecule has 2 heterocycles. The molecule has 0 spiro atoms. The normalized spacial score (nSPS) is 10.8. The number of nitrogens with zero attached hydrogens (tertiary/aromatic N) is 4. The highest BCUT2D eigenvalue weighted by Crippen LogP contribution is 2.24. The van der Waals surface area contributed by atoms with E-state index in [1.165, 1.54) is 18.6 Å². The maximum absolute atomic E-state index is 10.6. The van der Waals surface area contributed by atoms with Crippen LogP contribution in [0.2, 0.25) is 0 Å². The minimum Gasteiger partial charge on any atom is -0.358 e. The second-order valence-electron chi connectivity index (χ2n) is 3.54. The summed E-state index contributed by atoms with van der Waals surface area (Å²) in [6.07, 6.45) is 4.63. The van der Waals surface area contributed by atoms with E-state index in [1.807, 2.05) is 6.07 Å². The summed E-state index contributed by atoms with van der Waals surface area (Å²) < 4.78 is 0. The van der Waals surface area contributed by atoms with Crippen molar-refractivity contribution in [3.05, 3.63) is 47.0 Å². The second-order valence-corrected chi connectivity index (χ2v) is 3.54. The minimum absolute atomic E-state index is 0.159. The van der Waals surface area contributed by atoms with Crippen molar-refractivity contribution in [1.29, 1.82) is 0 Å². The molecule has 0 aliphatic carbocycles. The lowest BCUT2D eigenvalue weighted by Gasteiger charge is -2.00. The average molecular weight is 226 g/mol. The topological polar surface area (TPSA) is 81.8 Å². The first-order valence-electron chi connectivity index (χ1n) is 4.88. The van der Waals surface area contributed by atoms with Crippen LogP contribution < -0.4 is 0 Å². The van der Waals surface area contributed by atoms with Crippen molar-refractivity contribution >= 4 is 27.5 Å². The zero-order valence-electron chi connectivity index (χ0n) is 8.57. The van der Waals surface area contributed by atoms with Gasteiger partial charge >= 0.3 is 5.82 Å². The van der Waals surface area contributed by atoms with Crippen LogP contribution in [-0.2, 0) is 0 Å². The largest absolute Gasteiger partial charge is 0.364 e. The van der Waals surface area contributed by atoms with Gasteiger partial charge in [0.1, 0.15) is 12.5 Å². The van der Waals surface area contributed by atoms with Crippen LogP contribution in [-0.4, -0.2) is 19.9 Å². The number of hydrogen-bond donors (Lipinski definition) is 0. The Kier molecular flexibility index (Phi) is 1.94. The minimum atomic E-state index is -0.509. The Morgan fingerprint density at radius 2 is 2.00 bits per heavy atom. The molecule has 17 heavy (non-hydrogen) atoms. The molecule has 0 saturated heterocycles. The van der Waals surface area contributed by atoms with E-state index in [4.69, 9.17) is 0 Å². The molecule has 0 unspecified atom stereocenters. The Balaban J connectivity index is 2.41. The average Bonchev–Trinajstić information content (AvgIpc) is 2.38. The van der Waals surface area contributed by atoms with E-state index in [0.717, 1.165) is 21.7 Å². The van der Waals surface area contributed by atoms with E-state index in [1.54, 1.807) is 12.3 Å². The van der Waals surface area contributed by atoms with E-state index in [9.17, 15) is 10.1 Å². The van der Waals surface area contributed by atoms with E-state index >= 15 is 0 Å². The molecule has 1 aromatic carbocycles. The molecular weight excluding hydrogens is 220 g/mol. The number of rotatable bonds is 1. The molecule has 6 nitrogen and oxygen atoms in total. The molecule has 0 atom stereocenters. The summed E-state index contributed by atoms with van der Waals surface area (Å²) in [7, 11) is 0. The fraction of sp³-hybridized carbons (Fsp3) is 0. The van der Waals surface area contributed by atoms with Gasteiger partial charge in [0.2, 0.25) is 0 Å². The highest BCUT2D eigenvalue weighted by atomic mass is 16.6. The van der Waals surface area contributed by atoms with Crippen LogP contribution in [0, 0.1) is 10.1 Å². The summed E-state index contributed by atoms with van der Waals surface area (Å²) in [5.41, 5.74) is 0.795. The lowest BCUT2D eigenvalue weighted by molar-refractivity contribution is -0.389. The van der Waals surface area contributed by atoms with Gasteiger partial charge < -0.3 is 10.1 Å². The molecule has 82 valence electrons. The van der Waals surface area contributed by atoms with Crippen molar-refractivity contribution in [2.24, 2.45) is 0 Å². The van der Waals surface area contributed by atoms with Crippen molar-refractivity contribution in [2.75, 3.05) is 0 Å². The van der Waals surface area contributed by atoms with E-state index in [0.29, 0.717) is 0 Å². The Hall–Kier alpha value is -2.63. The Morgan fingerprint density at radius 1 is 1.12 bits per heavy atom. The van der Waals surface area contributed by atoms with Crippen molar-refractivity contribution in [2.45, 2.75) is 0 Å². The van der Waals surface area contributed by atoms with Gasteiger partial charge in [-0.1, -0.05) is 6.07 Å². The van der Waals surface area contributed by atoms with Crippen LogP contribution >= 0.6 is 0 Å². The molecule has 0 amide bonds. The molecule has 0 aliphatic heterocycles. The van der Waals surface area contributed by atoms with Gasteiger partial charge in [-0.3, -0.25) is 0 Å². The van der Waals surface area contributed by atoms with Gasteiger partial charge in [-0.05, 0) is 21.4 Å². The number of benzene rings is 1. The predicted octanol–water partition coefficient (Wildman–Crippen LogP) is 2.09. The Bertz CT molecular complexity index is 742. The number of aromatic nitrogens is 3. The van der Waals surface area contributed by atoms with E-state index < -0.39 is 4.92 Å². The maximum atomic E-state index is 10.6. The third-order valence-corrected chi connectivity index (χ3v) is 2.56. The SMILES string of the molecule is O=[N+]([O-])c1cc2ccc3ncncc3c2cn1. The van der Waals surface area contributed by atoms with Gasteiger partial charge in [0, 0.05) is 23.0 Å². The van der Waals surface area contributed by atoms with Gasteiger partial charge in [-0.2, -0.15) is 0 Å². The first-order chi connectivity index (χ1) is 8.25. The zero-order valence-corrected chi connectivity index (χ0v) is 8.57. The number of nitro groups is 1. The quantitative estimate of drug-likeness (QED) is 0.360. The first-order valence-corrected chi connectivity index (χ1v) is 4.88. The van der Waals surface area contributed by atoms with Gasteiger partial charge in [-0.25, -0.2) is 9.97 Å². The van der Waals surface area contributed by atoms with E-state index in [-0.39, 0.29) is 5.82 Å². The molecule has 0 fully saturated rings. The van der Waals surface area contributed by atoms with Gasteiger partial charge in [0.15, 0.2) is 0 Å². The number of fused-ring (bicyclic) bond motifs is 3. The molecule has 0 N–H and O–H groups in total. The van der Waals surface area contributed by atoms with Crippen molar-refractivity contribution in [1.82, 2.24) is 15.0 Å². The lowest BCUT2D eigenvalue weighted by Crippen LogP contribution is -1.92. The maximum Gasteiger partial charge on any atom is 0.364 e. The van der Waals surface area contributed by atoms with Gasteiger partial charge in [0.25, 0.3) is 0 Å².